The predicted octanol–water partition coefficient (Wildman–Crippen LogP) is 1.22. The Hall–Kier alpha value is -1.59. The maximum Gasteiger partial charge on any atom is 0.147 e. The van der Waals surface area contributed by atoms with E-state index in [-0.39, 0.29) is 18.4 Å². The second-order valence-electron chi connectivity index (χ2n) is 5.44. The van der Waals surface area contributed by atoms with E-state index in [4.69, 9.17) is 10.9 Å². The highest BCUT2D eigenvalue weighted by molar-refractivity contribution is 5.87. The van der Waals surface area contributed by atoms with Gasteiger partial charge in [0, 0.05) is 19.7 Å². The Morgan fingerprint density at radius 1 is 1.40 bits per heavy atom. The van der Waals surface area contributed by atoms with E-state index in [0.717, 1.165) is 38.0 Å². The molecule has 1 saturated heterocycles. The van der Waals surface area contributed by atoms with E-state index in [2.05, 4.69) is 10.1 Å². The molecule has 0 amide bonds. The summed E-state index contributed by atoms with van der Waals surface area (Å²) in [5, 5.41) is 21.5. The first-order chi connectivity index (χ1) is 9.74. The molecule has 0 aliphatic carbocycles. The van der Waals surface area contributed by atoms with Gasteiger partial charge in [-0.3, -0.25) is 0 Å². The fourth-order valence-electron chi connectivity index (χ4n) is 2.85. The minimum atomic E-state index is -0.112. The van der Waals surface area contributed by atoms with Crippen LogP contribution in [0.5, 0.6) is 0 Å². The molecule has 2 unspecified atom stereocenters. The summed E-state index contributed by atoms with van der Waals surface area (Å²) in [5.74, 6) is 0.466. The lowest BCUT2D eigenvalue weighted by Crippen LogP contribution is -2.41. The Kier molecular flexibility index (Phi) is 5.38. The highest BCUT2D eigenvalue weighted by Crippen LogP contribution is 2.22. The monoisotopic (exact) mass is 277 g/mol. The molecule has 1 fully saturated rings. The van der Waals surface area contributed by atoms with E-state index >= 15 is 0 Å². The third-order valence-electron chi connectivity index (χ3n) is 3.98. The molecule has 1 aromatic carbocycles. The number of nitrogens with zero attached hydrogens (tertiary/aromatic N) is 2. The van der Waals surface area contributed by atoms with E-state index in [1.54, 1.807) is 0 Å². The largest absolute Gasteiger partial charge is 0.409 e. The number of likely N-dealkylation sites (tertiary alicyclic amines) is 1. The molecule has 1 aliphatic heterocycles. The van der Waals surface area contributed by atoms with Crippen molar-refractivity contribution in [2.75, 3.05) is 26.2 Å². The zero-order chi connectivity index (χ0) is 14.4. The van der Waals surface area contributed by atoms with Gasteiger partial charge >= 0.3 is 0 Å². The van der Waals surface area contributed by atoms with Crippen LogP contribution >= 0.6 is 0 Å². The number of nitrogens with two attached hydrogens (primary N) is 1. The second-order valence-corrected chi connectivity index (χ2v) is 5.44. The first kappa shape index (κ1) is 14.8. The number of piperidine rings is 1. The standard InChI is InChI=1S/C15H23N3O2/c16-15(17-20)14(13-6-2-1-3-7-13)10-18-8-4-5-12(9-18)11-19/h1-3,6-7,12,14,19-20H,4-5,8-11H2,(H2,16,17). The van der Waals surface area contributed by atoms with Gasteiger partial charge in [0.25, 0.3) is 0 Å². The van der Waals surface area contributed by atoms with Crippen LogP contribution in [-0.4, -0.2) is 47.3 Å². The summed E-state index contributed by atoms with van der Waals surface area (Å²) in [4.78, 5) is 2.29. The van der Waals surface area contributed by atoms with Gasteiger partial charge in [0.05, 0.1) is 5.92 Å². The van der Waals surface area contributed by atoms with Gasteiger partial charge in [-0.15, -0.1) is 0 Å². The van der Waals surface area contributed by atoms with Crippen LogP contribution in [0.1, 0.15) is 24.3 Å². The van der Waals surface area contributed by atoms with Crippen molar-refractivity contribution < 1.29 is 10.3 Å². The molecule has 0 bridgehead atoms. The third kappa shape index (κ3) is 3.71. The van der Waals surface area contributed by atoms with Crippen molar-refractivity contribution in [2.24, 2.45) is 16.8 Å². The minimum Gasteiger partial charge on any atom is -0.409 e. The molecular formula is C15H23N3O2. The molecule has 0 spiro atoms. The van der Waals surface area contributed by atoms with Crippen LogP contribution < -0.4 is 5.73 Å². The number of aliphatic hydroxyl groups is 1. The molecule has 1 aromatic rings. The molecule has 1 aliphatic rings. The average molecular weight is 277 g/mol. The lowest BCUT2D eigenvalue weighted by Gasteiger charge is -2.34. The summed E-state index contributed by atoms with van der Waals surface area (Å²) in [6.45, 7) is 2.82. The molecule has 2 rings (SSSR count). The Morgan fingerprint density at radius 3 is 2.80 bits per heavy atom. The van der Waals surface area contributed by atoms with Crippen LogP contribution in [0.4, 0.5) is 0 Å². The molecule has 0 aromatic heterocycles. The molecular weight excluding hydrogens is 254 g/mol. The molecule has 20 heavy (non-hydrogen) atoms. The van der Waals surface area contributed by atoms with Crippen LogP contribution in [0, 0.1) is 5.92 Å². The van der Waals surface area contributed by atoms with Crippen LogP contribution in [0.2, 0.25) is 0 Å². The zero-order valence-electron chi connectivity index (χ0n) is 11.7. The zero-order valence-corrected chi connectivity index (χ0v) is 11.7. The van der Waals surface area contributed by atoms with Crippen molar-refractivity contribution in [1.29, 1.82) is 0 Å². The Morgan fingerprint density at radius 2 is 2.15 bits per heavy atom. The Labute approximate surface area is 119 Å². The van der Waals surface area contributed by atoms with Gasteiger partial charge in [0.1, 0.15) is 5.84 Å². The first-order valence-electron chi connectivity index (χ1n) is 7.10. The van der Waals surface area contributed by atoms with Gasteiger partial charge in [-0.05, 0) is 30.9 Å². The van der Waals surface area contributed by atoms with Crippen molar-refractivity contribution in [3.8, 4) is 0 Å². The number of hydrogen-bond donors (Lipinski definition) is 3. The smallest absolute Gasteiger partial charge is 0.147 e. The SMILES string of the molecule is NC(=NO)C(CN1CCCC(CO)C1)c1ccccc1. The van der Waals surface area contributed by atoms with Crippen molar-refractivity contribution in [1.82, 2.24) is 4.90 Å². The lowest BCUT2D eigenvalue weighted by molar-refractivity contribution is 0.119. The number of hydrogen-bond acceptors (Lipinski definition) is 4. The summed E-state index contributed by atoms with van der Waals surface area (Å²) >= 11 is 0. The highest BCUT2D eigenvalue weighted by atomic mass is 16.4. The van der Waals surface area contributed by atoms with E-state index < -0.39 is 0 Å². The van der Waals surface area contributed by atoms with Gasteiger partial charge < -0.3 is 20.9 Å². The van der Waals surface area contributed by atoms with Gasteiger partial charge in [0.2, 0.25) is 0 Å². The van der Waals surface area contributed by atoms with Crippen LogP contribution in [0.15, 0.2) is 35.5 Å². The summed E-state index contributed by atoms with van der Waals surface area (Å²) in [6.07, 6.45) is 2.16. The average Bonchev–Trinajstić information content (AvgIpc) is 2.53. The van der Waals surface area contributed by atoms with Crippen molar-refractivity contribution in [3.05, 3.63) is 35.9 Å². The fraction of sp³-hybridized carbons (Fsp3) is 0.533. The minimum absolute atomic E-state index is 0.112. The topological polar surface area (TPSA) is 82.1 Å². The van der Waals surface area contributed by atoms with Gasteiger partial charge in [0.15, 0.2) is 0 Å². The molecule has 1 heterocycles. The quantitative estimate of drug-likeness (QED) is 0.327. The molecule has 4 N–H and O–H groups in total. The second kappa shape index (κ2) is 7.26. The van der Waals surface area contributed by atoms with Crippen molar-refractivity contribution >= 4 is 5.84 Å². The molecule has 5 heteroatoms. The van der Waals surface area contributed by atoms with Crippen molar-refractivity contribution in [3.63, 3.8) is 0 Å². The van der Waals surface area contributed by atoms with E-state index in [9.17, 15) is 5.11 Å². The molecule has 0 saturated carbocycles. The van der Waals surface area contributed by atoms with Crippen LogP contribution in [0.25, 0.3) is 0 Å². The summed E-state index contributed by atoms with van der Waals surface area (Å²) in [5.41, 5.74) is 6.91. The number of rotatable bonds is 5. The maximum absolute atomic E-state index is 9.30. The van der Waals surface area contributed by atoms with Crippen LogP contribution in [-0.2, 0) is 0 Å². The number of aliphatic hydroxyl groups excluding tert-OH is 1. The third-order valence-corrected chi connectivity index (χ3v) is 3.98. The van der Waals surface area contributed by atoms with Gasteiger partial charge in [-0.2, -0.15) is 0 Å². The van der Waals surface area contributed by atoms with Gasteiger partial charge in [-0.25, -0.2) is 0 Å². The molecule has 2 atom stereocenters. The summed E-state index contributed by atoms with van der Waals surface area (Å²) < 4.78 is 0. The number of amidine groups is 1. The summed E-state index contributed by atoms with van der Waals surface area (Å²) in [7, 11) is 0. The summed E-state index contributed by atoms with van der Waals surface area (Å²) in [6, 6.07) is 9.86. The first-order valence-corrected chi connectivity index (χ1v) is 7.10. The molecule has 5 nitrogen and oxygen atoms in total. The number of benzene rings is 1. The normalized spacial score (nSPS) is 22.6. The van der Waals surface area contributed by atoms with Crippen LogP contribution in [0.3, 0.4) is 0 Å². The Bertz CT molecular complexity index is 436. The highest BCUT2D eigenvalue weighted by Gasteiger charge is 2.24. The lowest BCUT2D eigenvalue weighted by atomic mass is 9.94. The predicted molar refractivity (Wildman–Crippen MR) is 78.8 cm³/mol. The molecule has 110 valence electrons. The van der Waals surface area contributed by atoms with E-state index in [1.807, 2.05) is 30.3 Å². The van der Waals surface area contributed by atoms with E-state index in [1.165, 1.54) is 0 Å². The molecule has 0 radical (unpaired) electrons. The maximum atomic E-state index is 9.30. The van der Waals surface area contributed by atoms with Crippen molar-refractivity contribution in [2.45, 2.75) is 18.8 Å². The van der Waals surface area contributed by atoms with Gasteiger partial charge in [-0.1, -0.05) is 35.5 Å². The fourth-order valence-corrected chi connectivity index (χ4v) is 2.85. The number of oxime groups is 1. The van der Waals surface area contributed by atoms with E-state index in [0.29, 0.717) is 5.92 Å². The Balaban J connectivity index is 2.09.